The largest absolute Gasteiger partial charge is 0.487 e. The maximum Gasteiger partial charge on any atom is 0.301 e. The standard InChI is InChI=1S/C26H25N3O3S/c27-17-20-7-4-8-21(13-20)22-9-10-23-16-26(32-18-19-5-2-1-3-6-19)25(15-24(23)14-22)29-12-11-28-33(29,30)31/h1-10,13-16,28H,11-12,17-18,27H2. The molecule has 6 nitrogen and oxygen atoms in total. The first-order chi connectivity index (χ1) is 16.0. The molecule has 0 saturated carbocycles. The van der Waals surface area contributed by atoms with Crippen molar-refractivity contribution in [3.63, 3.8) is 0 Å². The van der Waals surface area contributed by atoms with Crippen molar-refractivity contribution in [2.75, 3.05) is 17.4 Å². The smallest absolute Gasteiger partial charge is 0.301 e. The molecule has 0 amide bonds. The van der Waals surface area contributed by atoms with Crippen molar-refractivity contribution in [3.8, 4) is 16.9 Å². The average Bonchev–Trinajstić information content (AvgIpc) is 3.21. The molecule has 1 saturated heterocycles. The van der Waals surface area contributed by atoms with E-state index in [1.165, 1.54) is 4.31 Å². The topological polar surface area (TPSA) is 84.7 Å². The number of benzene rings is 4. The zero-order valence-corrected chi connectivity index (χ0v) is 18.9. The van der Waals surface area contributed by atoms with E-state index in [9.17, 15) is 8.42 Å². The van der Waals surface area contributed by atoms with Crippen LogP contribution in [0.1, 0.15) is 11.1 Å². The Labute approximate surface area is 193 Å². The van der Waals surface area contributed by atoms with Crippen LogP contribution in [-0.4, -0.2) is 21.5 Å². The van der Waals surface area contributed by atoms with E-state index in [0.29, 0.717) is 37.7 Å². The third kappa shape index (κ3) is 4.43. The van der Waals surface area contributed by atoms with E-state index >= 15 is 0 Å². The van der Waals surface area contributed by atoms with Crippen molar-refractivity contribution in [1.82, 2.24) is 4.72 Å². The van der Waals surface area contributed by atoms with E-state index in [1.54, 1.807) is 0 Å². The van der Waals surface area contributed by atoms with Crippen LogP contribution < -0.4 is 19.5 Å². The molecule has 4 aromatic rings. The summed E-state index contributed by atoms with van der Waals surface area (Å²) in [4.78, 5) is 0. The molecule has 0 aromatic heterocycles. The fraction of sp³-hybridized carbons (Fsp3) is 0.154. The van der Waals surface area contributed by atoms with Gasteiger partial charge >= 0.3 is 10.2 Å². The summed E-state index contributed by atoms with van der Waals surface area (Å²) < 4.78 is 35.4. The normalized spacial score (nSPS) is 15.1. The van der Waals surface area contributed by atoms with Gasteiger partial charge in [0.2, 0.25) is 0 Å². The molecule has 0 aliphatic carbocycles. The van der Waals surface area contributed by atoms with Crippen LogP contribution in [-0.2, 0) is 23.4 Å². The van der Waals surface area contributed by atoms with Gasteiger partial charge in [0.05, 0.1) is 5.69 Å². The molecule has 1 fully saturated rings. The van der Waals surface area contributed by atoms with E-state index < -0.39 is 10.2 Å². The number of ether oxygens (including phenoxy) is 1. The minimum Gasteiger partial charge on any atom is -0.487 e. The Morgan fingerprint density at radius 3 is 2.39 bits per heavy atom. The zero-order chi connectivity index (χ0) is 22.8. The Hall–Kier alpha value is -3.39. The molecular weight excluding hydrogens is 434 g/mol. The summed E-state index contributed by atoms with van der Waals surface area (Å²) >= 11 is 0. The van der Waals surface area contributed by atoms with Crippen LogP contribution in [0.4, 0.5) is 5.69 Å². The third-order valence-electron chi connectivity index (χ3n) is 5.81. The lowest BCUT2D eigenvalue weighted by Gasteiger charge is -2.21. The summed E-state index contributed by atoms with van der Waals surface area (Å²) in [6, 6.07) is 27.9. The molecule has 1 aliphatic heterocycles. The lowest BCUT2D eigenvalue weighted by Crippen LogP contribution is -2.29. The lowest BCUT2D eigenvalue weighted by molar-refractivity contribution is 0.307. The van der Waals surface area contributed by atoms with Crippen molar-refractivity contribution < 1.29 is 13.2 Å². The number of anilines is 1. The number of rotatable bonds is 6. The summed E-state index contributed by atoms with van der Waals surface area (Å²) in [7, 11) is -3.60. The first kappa shape index (κ1) is 21.5. The quantitative estimate of drug-likeness (QED) is 0.453. The Morgan fingerprint density at radius 2 is 1.64 bits per heavy atom. The maximum atomic E-state index is 12.6. The SMILES string of the molecule is NCc1cccc(-c2ccc3cc(OCc4ccccc4)c(N4CCNS4(=O)=O)cc3c2)c1. The molecule has 1 aliphatic rings. The fourth-order valence-corrected chi connectivity index (χ4v) is 5.33. The third-order valence-corrected chi connectivity index (χ3v) is 7.34. The molecule has 33 heavy (non-hydrogen) atoms. The van der Waals surface area contributed by atoms with E-state index in [2.05, 4.69) is 22.9 Å². The van der Waals surface area contributed by atoms with Crippen LogP contribution in [0.5, 0.6) is 5.75 Å². The predicted molar refractivity (Wildman–Crippen MR) is 132 cm³/mol. The Balaban J connectivity index is 1.58. The molecule has 3 N–H and O–H groups in total. The minimum atomic E-state index is -3.60. The Morgan fingerprint density at radius 1 is 0.848 bits per heavy atom. The number of hydrogen-bond acceptors (Lipinski definition) is 4. The second kappa shape index (κ2) is 8.86. The highest BCUT2D eigenvalue weighted by Crippen LogP contribution is 2.37. The van der Waals surface area contributed by atoms with Crippen molar-refractivity contribution >= 4 is 26.7 Å². The summed E-state index contributed by atoms with van der Waals surface area (Å²) in [6.07, 6.45) is 0. The van der Waals surface area contributed by atoms with Crippen LogP contribution in [0.15, 0.2) is 84.9 Å². The van der Waals surface area contributed by atoms with Crippen molar-refractivity contribution in [2.24, 2.45) is 5.73 Å². The molecule has 0 atom stereocenters. The fourth-order valence-electron chi connectivity index (χ4n) is 4.09. The minimum absolute atomic E-state index is 0.352. The van der Waals surface area contributed by atoms with Crippen LogP contribution in [0, 0.1) is 0 Å². The Bertz CT molecular complexity index is 1410. The van der Waals surface area contributed by atoms with Gasteiger partial charge in [-0.05, 0) is 57.3 Å². The second-order valence-corrected chi connectivity index (χ2v) is 9.71. The summed E-state index contributed by atoms with van der Waals surface area (Å²) in [5.74, 6) is 0.538. The van der Waals surface area contributed by atoms with E-state index in [-0.39, 0.29) is 0 Å². The van der Waals surface area contributed by atoms with Gasteiger partial charge < -0.3 is 10.5 Å². The molecule has 0 unspecified atom stereocenters. The van der Waals surface area contributed by atoms with Crippen LogP contribution in [0.25, 0.3) is 21.9 Å². The van der Waals surface area contributed by atoms with Gasteiger partial charge in [-0.3, -0.25) is 4.31 Å². The first-order valence-corrected chi connectivity index (χ1v) is 12.3. The second-order valence-electron chi connectivity index (χ2n) is 8.03. The number of hydrogen-bond donors (Lipinski definition) is 2. The monoisotopic (exact) mass is 459 g/mol. The van der Waals surface area contributed by atoms with Gasteiger partial charge in [0.1, 0.15) is 12.4 Å². The molecule has 168 valence electrons. The van der Waals surface area contributed by atoms with Gasteiger partial charge in [0.25, 0.3) is 0 Å². The van der Waals surface area contributed by atoms with Crippen molar-refractivity contribution in [1.29, 1.82) is 0 Å². The van der Waals surface area contributed by atoms with Crippen LogP contribution in [0.2, 0.25) is 0 Å². The van der Waals surface area contributed by atoms with Crippen molar-refractivity contribution in [2.45, 2.75) is 13.2 Å². The van der Waals surface area contributed by atoms with E-state index in [1.807, 2.05) is 66.7 Å². The average molecular weight is 460 g/mol. The van der Waals surface area contributed by atoms with E-state index in [0.717, 1.165) is 33.0 Å². The molecule has 1 heterocycles. The summed E-state index contributed by atoms with van der Waals surface area (Å²) in [5.41, 5.74) is 10.5. The highest BCUT2D eigenvalue weighted by Gasteiger charge is 2.30. The lowest BCUT2D eigenvalue weighted by atomic mass is 9.99. The molecule has 0 spiro atoms. The van der Waals surface area contributed by atoms with Gasteiger partial charge in [-0.15, -0.1) is 0 Å². The molecule has 7 heteroatoms. The molecule has 0 bridgehead atoms. The summed E-state index contributed by atoms with van der Waals surface area (Å²) in [5, 5.41) is 1.92. The number of nitrogens with two attached hydrogens (primary N) is 1. The maximum absolute atomic E-state index is 12.6. The predicted octanol–water partition coefficient (Wildman–Crippen LogP) is 4.20. The molecule has 4 aromatic carbocycles. The van der Waals surface area contributed by atoms with Gasteiger partial charge in [0.15, 0.2) is 0 Å². The number of nitrogens with zero attached hydrogens (tertiary/aromatic N) is 1. The van der Waals surface area contributed by atoms with E-state index in [4.69, 9.17) is 10.5 Å². The van der Waals surface area contributed by atoms with Gasteiger partial charge in [-0.1, -0.05) is 60.7 Å². The molecule has 0 radical (unpaired) electrons. The van der Waals surface area contributed by atoms with Gasteiger partial charge in [0, 0.05) is 19.6 Å². The first-order valence-electron chi connectivity index (χ1n) is 10.8. The number of nitrogens with one attached hydrogen (secondary N) is 1. The van der Waals surface area contributed by atoms with Crippen molar-refractivity contribution in [3.05, 3.63) is 96.1 Å². The number of fused-ring (bicyclic) bond motifs is 1. The molecular formula is C26H25N3O3S. The highest BCUT2D eigenvalue weighted by atomic mass is 32.2. The van der Waals surface area contributed by atoms with Crippen LogP contribution >= 0.6 is 0 Å². The van der Waals surface area contributed by atoms with Gasteiger partial charge in [-0.2, -0.15) is 13.1 Å². The Kier molecular flexibility index (Phi) is 5.76. The van der Waals surface area contributed by atoms with Gasteiger partial charge in [-0.25, -0.2) is 0 Å². The summed E-state index contributed by atoms with van der Waals surface area (Å²) in [6.45, 7) is 1.55. The highest BCUT2D eigenvalue weighted by molar-refractivity contribution is 7.91. The van der Waals surface area contributed by atoms with Crippen LogP contribution in [0.3, 0.4) is 0 Å². The molecule has 5 rings (SSSR count). The zero-order valence-electron chi connectivity index (χ0n) is 18.1.